The zero-order valence-corrected chi connectivity index (χ0v) is 15.8. The second kappa shape index (κ2) is 7.68. The molecular weight excluding hydrogens is 386 g/mol. The predicted octanol–water partition coefficient (Wildman–Crippen LogP) is 3.35. The summed E-state index contributed by atoms with van der Waals surface area (Å²) in [6, 6.07) is 7.20. The number of amides is 1. The molecule has 25 heavy (non-hydrogen) atoms. The number of hydrogen-bond donors (Lipinski definition) is 0. The topological polar surface area (TPSA) is 63.7 Å². The third-order valence-electron chi connectivity index (χ3n) is 5.05. The van der Waals surface area contributed by atoms with Gasteiger partial charge in [-0.2, -0.15) is 0 Å². The maximum absolute atomic E-state index is 12.4. The number of carbonyl (C=O) groups is 3. The van der Waals surface area contributed by atoms with Crippen molar-refractivity contribution in [3.8, 4) is 0 Å². The van der Waals surface area contributed by atoms with Gasteiger partial charge in [-0.25, -0.2) is 0 Å². The summed E-state index contributed by atoms with van der Waals surface area (Å²) in [5.74, 6) is -1.13. The highest BCUT2D eigenvalue weighted by atomic mass is 79.9. The Balaban J connectivity index is 1.57. The molecule has 3 rings (SSSR count). The van der Waals surface area contributed by atoms with Crippen molar-refractivity contribution < 1.29 is 19.1 Å². The van der Waals surface area contributed by atoms with Gasteiger partial charge in [0.2, 0.25) is 11.7 Å². The summed E-state index contributed by atoms with van der Waals surface area (Å²) in [6.45, 7) is 2.00. The number of likely N-dealkylation sites (tertiary alicyclic amines) is 1. The Morgan fingerprint density at radius 2 is 1.84 bits per heavy atom. The molecule has 1 aliphatic carbocycles. The molecule has 0 bridgehead atoms. The fraction of sp³-hybridized carbons (Fsp3) is 0.526. The second-order valence-electron chi connectivity index (χ2n) is 6.84. The van der Waals surface area contributed by atoms with Crippen LogP contribution in [0.3, 0.4) is 0 Å². The first-order valence-corrected chi connectivity index (χ1v) is 9.54. The Bertz CT molecular complexity index is 667. The molecule has 0 radical (unpaired) electrons. The van der Waals surface area contributed by atoms with Crippen molar-refractivity contribution in [2.24, 2.45) is 5.92 Å². The molecule has 1 aromatic carbocycles. The molecule has 6 heteroatoms. The first kappa shape index (κ1) is 18.1. The molecule has 134 valence electrons. The van der Waals surface area contributed by atoms with E-state index in [1.54, 1.807) is 31.2 Å². The molecule has 1 saturated carbocycles. The average Bonchev–Trinajstić information content (AvgIpc) is 3.24. The van der Waals surface area contributed by atoms with Crippen LogP contribution in [0.2, 0.25) is 0 Å². The van der Waals surface area contributed by atoms with Gasteiger partial charge in [0.25, 0.3) is 0 Å². The molecular formula is C19H22BrNO4. The minimum absolute atomic E-state index is 0.0285. The number of ketones is 1. The van der Waals surface area contributed by atoms with E-state index >= 15 is 0 Å². The minimum atomic E-state index is -0.857. The van der Waals surface area contributed by atoms with Crippen LogP contribution >= 0.6 is 15.9 Å². The maximum atomic E-state index is 12.4. The largest absolute Gasteiger partial charge is 0.454 e. The number of Topliss-reactive ketones (excluding diaryl/α,β-unsaturated/α-hetero) is 1. The van der Waals surface area contributed by atoms with Crippen LogP contribution in [0.5, 0.6) is 0 Å². The Labute approximate surface area is 155 Å². The molecule has 1 heterocycles. The molecule has 5 nitrogen and oxygen atoms in total. The Morgan fingerprint density at radius 1 is 1.20 bits per heavy atom. The fourth-order valence-corrected chi connectivity index (χ4v) is 3.90. The van der Waals surface area contributed by atoms with E-state index in [1.165, 1.54) is 0 Å². The van der Waals surface area contributed by atoms with E-state index in [-0.39, 0.29) is 24.2 Å². The van der Waals surface area contributed by atoms with Crippen LogP contribution < -0.4 is 0 Å². The zero-order chi connectivity index (χ0) is 18.0. The van der Waals surface area contributed by atoms with Crippen LogP contribution in [0, 0.1) is 5.92 Å². The molecule has 0 aromatic heterocycles. The first-order chi connectivity index (χ1) is 12.0. The van der Waals surface area contributed by atoms with Gasteiger partial charge in [-0.1, -0.05) is 40.9 Å². The molecule has 1 aromatic rings. The smallest absolute Gasteiger partial charge is 0.311 e. The lowest BCUT2D eigenvalue weighted by Crippen LogP contribution is -2.35. The standard InChI is InChI=1S/C19H22BrNO4/c1-12(18(23)13-6-8-15(20)9-7-13)25-19(24)14-10-17(22)21(11-14)16-4-2-3-5-16/h6-9,12,14,16H,2-5,10-11H2,1H3/t12-,14-/m1/s1. The molecule has 2 aliphatic rings. The molecule has 0 N–H and O–H groups in total. The monoisotopic (exact) mass is 407 g/mol. The lowest BCUT2D eigenvalue weighted by molar-refractivity contribution is -0.151. The van der Waals surface area contributed by atoms with Crippen LogP contribution in [0.1, 0.15) is 49.4 Å². The van der Waals surface area contributed by atoms with E-state index in [9.17, 15) is 14.4 Å². The fourth-order valence-electron chi connectivity index (χ4n) is 3.63. The van der Waals surface area contributed by atoms with Crippen LogP contribution in [-0.4, -0.2) is 41.3 Å². The van der Waals surface area contributed by atoms with Crippen molar-refractivity contribution >= 4 is 33.6 Å². The lowest BCUT2D eigenvalue weighted by Gasteiger charge is -2.24. The summed E-state index contributed by atoms with van der Waals surface area (Å²) >= 11 is 3.32. The van der Waals surface area contributed by atoms with Gasteiger partial charge in [0, 0.05) is 29.0 Å². The number of esters is 1. The Kier molecular flexibility index (Phi) is 5.57. The van der Waals surface area contributed by atoms with Gasteiger partial charge in [-0.15, -0.1) is 0 Å². The van der Waals surface area contributed by atoms with Crippen molar-refractivity contribution in [1.29, 1.82) is 0 Å². The third-order valence-corrected chi connectivity index (χ3v) is 5.58. The summed E-state index contributed by atoms with van der Waals surface area (Å²) in [5, 5.41) is 0. The van der Waals surface area contributed by atoms with Crippen molar-refractivity contribution in [2.45, 2.75) is 51.2 Å². The molecule has 2 atom stereocenters. The molecule has 0 unspecified atom stereocenters. The summed E-state index contributed by atoms with van der Waals surface area (Å²) in [7, 11) is 0. The molecule has 1 aliphatic heterocycles. The van der Waals surface area contributed by atoms with E-state index in [2.05, 4.69) is 15.9 Å². The van der Waals surface area contributed by atoms with Crippen LogP contribution in [0.15, 0.2) is 28.7 Å². The van der Waals surface area contributed by atoms with Gasteiger partial charge >= 0.3 is 5.97 Å². The van der Waals surface area contributed by atoms with Crippen molar-refractivity contribution in [1.82, 2.24) is 4.90 Å². The van der Waals surface area contributed by atoms with Crippen LogP contribution in [0.4, 0.5) is 0 Å². The molecule has 0 spiro atoms. The molecule has 1 amide bonds. The van der Waals surface area contributed by atoms with Crippen LogP contribution in [0.25, 0.3) is 0 Å². The van der Waals surface area contributed by atoms with Gasteiger partial charge < -0.3 is 9.64 Å². The molecule has 2 fully saturated rings. The van der Waals surface area contributed by atoms with Gasteiger partial charge in [-0.05, 0) is 31.9 Å². The average molecular weight is 408 g/mol. The van der Waals surface area contributed by atoms with E-state index in [0.29, 0.717) is 12.1 Å². The quantitative estimate of drug-likeness (QED) is 0.554. The lowest BCUT2D eigenvalue weighted by atomic mass is 10.1. The number of halogens is 1. The highest BCUT2D eigenvalue weighted by Gasteiger charge is 2.40. The summed E-state index contributed by atoms with van der Waals surface area (Å²) in [5.41, 5.74) is 0.499. The number of benzene rings is 1. The summed E-state index contributed by atoms with van der Waals surface area (Å²) in [4.78, 5) is 38.8. The number of carbonyl (C=O) groups excluding carboxylic acids is 3. The van der Waals surface area contributed by atoms with E-state index < -0.39 is 18.0 Å². The van der Waals surface area contributed by atoms with Gasteiger partial charge in [-0.3, -0.25) is 14.4 Å². The summed E-state index contributed by atoms with van der Waals surface area (Å²) in [6.07, 6.45) is 3.65. The highest BCUT2D eigenvalue weighted by molar-refractivity contribution is 9.10. The highest BCUT2D eigenvalue weighted by Crippen LogP contribution is 2.30. The Hall–Kier alpha value is -1.69. The number of ether oxygens (including phenoxy) is 1. The first-order valence-electron chi connectivity index (χ1n) is 8.75. The normalized spacial score (nSPS) is 22.2. The number of hydrogen-bond acceptors (Lipinski definition) is 4. The van der Waals surface area contributed by atoms with Crippen molar-refractivity contribution in [2.75, 3.05) is 6.54 Å². The van der Waals surface area contributed by atoms with Crippen molar-refractivity contribution in [3.05, 3.63) is 34.3 Å². The molecule has 1 saturated heterocycles. The predicted molar refractivity (Wildman–Crippen MR) is 96.1 cm³/mol. The van der Waals surface area contributed by atoms with Gasteiger partial charge in [0.05, 0.1) is 5.92 Å². The summed E-state index contributed by atoms with van der Waals surface area (Å²) < 4.78 is 6.24. The van der Waals surface area contributed by atoms with Gasteiger partial charge in [0.15, 0.2) is 6.10 Å². The number of rotatable bonds is 5. The maximum Gasteiger partial charge on any atom is 0.311 e. The SMILES string of the molecule is C[C@@H](OC(=O)[C@@H]1CC(=O)N(C2CCCC2)C1)C(=O)c1ccc(Br)cc1. The number of nitrogens with zero attached hydrogens (tertiary/aromatic N) is 1. The van der Waals surface area contributed by atoms with Crippen molar-refractivity contribution in [3.63, 3.8) is 0 Å². The zero-order valence-electron chi connectivity index (χ0n) is 14.2. The minimum Gasteiger partial charge on any atom is -0.454 e. The second-order valence-corrected chi connectivity index (χ2v) is 7.75. The van der Waals surface area contributed by atoms with Crippen LogP contribution in [-0.2, 0) is 14.3 Å². The van der Waals surface area contributed by atoms with E-state index in [0.717, 1.165) is 30.2 Å². The third kappa shape index (κ3) is 4.11. The van der Waals surface area contributed by atoms with Gasteiger partial charge in [0.1, 0.15) is 0 Å². The Morgan fingerprint density at radius 3 is 2.48 bits per heavy atom. The van der Waals surface area contributed by atoms with E-state index in [1.807, 2.05) is 4.90 Å². The van der Waals surface area contributed by atoms with E-state index in [4.69, 9.17) is 4.74 Å².